The van der Waals surface area contributed by atoms with Crippen molar-refractivity contribution >= 4 is 0 Å². The molecule has 0 atom stereocenters. The monoisotopic (exact) mass is 241 g/mol. The van der Waals surface area contributed by atoms with E-state index in [1.807, 2.05) is 0 Å². The molecule has 1 heterocycles. The van der Waals surface area contributed by atoms with E-state index in [2.05, 4.69) is 5.32 Å². The van der Waals surface area contributed by atoms with Crippen molar-refractivity contribution in [2.24, 2.45) is 5.92 Å². The summed E-state index contributed by atoms with van der Waals surface area (Å²) in [5, 5.41) is 12.9. The standard InChI is InChI=1S/C13H23NO3/c15-12-7-10(8-12)9-14-11-1-3-13(4-2-11)16-5-6-17-13/h10-12,14-15H,1-9H2. The molecule has 0 unspecified atom stereocenters. The molecule has 98 valence electrons. The van der Waals surface area contributed by atoms with Crippen molar-refractivity contribution in [2.75, 3.05) is 19.8 Å². The van der Waals surface area contributed by atoms with Gasteiger partial charge >= 0.3 is 0 Å². The van der Waals surface area contributed by atoms with Crippen molar-refractivity contribution in [2.45, 2.75) is 56.5 Å². The van der Waals surface area contributed by atoms with Gasteiger partial charge < -0.3 is 19.9 Å². The predicted molar refractivity (Wildman–Crippen MR) is 63.6 cm³/mol. The van der Waals surface area contributed by atoms with E-state index in [1.54, 1.807) is 0 Å². The van der Waals surface area contributed by atoms with Gasteiger partial charge in [0.15, 0.2) is 5.79 Å². The number of hydrogen-bond donors (Lipinski definition) is 2. The van der Waals surface area contributed by atoms with Crippen molar-refractivity contribution in [3.63, 3.8) is 0 Å². The van der Waals surface area contributed by atoms with Gasteiger partial charge in [0.05, 0.1) is 19.3 Å². The predicted octanol–water partition coefficient (Wildman–Crippen LogP) is 1.03. The van der Waals surface area contributed by atoms with Crippen LogP contribution >= 0.6 is 0 Å². The van der Waals surface area contributed by atoms with Crippen LogP contribution in [0.4, 0.5) is 0 Å². The smallest absolute Gasteiger partial charge is 0.168 e. The third kappa shape index (κ3) is 2.65. The van der Waals surface area contributed by atoms with Crippen molar-refractivity contribution < 1.29 is 14.6 Å². The lowest BCUT2D eigenvalue weighted by Crippen LogP contribution is -2.45. The first-order chi connectivity index (χ1) is 8.26. The molecule has 2 N–H and O–H groups in total. The molecule has 2 saturated carbocycles. The molecule has 0 bridgehead atoms. The van der Waals surface area contributed by atoms with Crippen LogP contribution in [-0.2, 0) is 9.47 Å². The minimum absolute atomic E-state index is 0.0308. The summed E-state index contributed by atoms with van der Waals surface area (Å²) in [6.07, 6.45) is 6.28. The molecule has 0 amide bonds. The highest BCUT2D eigenvalue weighted by Gasteiger charge is 2.40. The summed E-state index contributed by atoms with van der Waals surface area (Å²) >= 11 is 0. The average molecular weight is 241 g/mol. The maximum Gasteiger partial charge on any atom is 0.168 e. The Morgan fingerprint density at radius 2 is 1.76 bits per heavy atom. The second-order valence-corrected chi connectivity index (χ2v) is 5.78. The fraction of sp³-hybridized carbons (Fsp3) is 1.00. The van der Waals surface area contributed by atoms with Gasteiger partial charge in [-0.15, -0.1) is 0 Å². The first kappa shape index (κ1) is 11.9. The van der Waals surface area contributed by atoms with Gasteiger partial charge in [0.2, 0.25) is 0 Å². The molecule has 0 aromatic carbocycles. The Hall–Kier alpha value is -0.160. The van der Waals surface area contributed by atoms with E-state index in [0.717, 1.165) is 58.3 Å². The van der Waals surface area contributed by atoms with Crippen molar-refractivity contribution in [3.05, 3.63) is 0 Å². The van der Waals surface area contributed by atoms with E-state index in [0.29, 0.717) is 12.0 Å². The van der Waals surface area contributed by atoms with Crippen LogP contribution in [0.1, 0.15) is 38.5 Å². The Morgan fingerprint density at radius 1 is 1.12 bits per heavy atom. The largest absolute Gasteiger partial charge is 0.393 e. The summed E-state index contributed by atoms with van der Waals surface area (Å²) in [5.74, 6) is 0.463. The Balaban J connectivity index is 1.37. The number of aliphatic hydroxyl groups excluding tert-OH is 1. The quantitative estimate of drug-likeness (QED) is 0.775. The minimum Gasteiger partial charge on any atom is -0.393 e. The summed E-state index contributed by atoms with van der Waals surface area (Å²) in [5.41, 5.74) is 0. The third-order valence-electron chi connectivity index (χ3n) is 4.47. The van der Waals surface area contributed by atoms with Crippen LogP contribution in [0.25, 0.3) is 0 Å². The highest BCUT2D eigenvalue weighted by molar-refractivity contribution is 4.87. The van der Waals surface area contributed by atoms with Crippen LogP contribution in [0.15, 0.2) is 0 Å². The molecule has 0 aromatic heterocycles. The molecule has 3 aliphatic rings. The molecule has 4 nitrogen and oxygen atoms in total. The molecule has 3 rings (SSSR count). The molecule has 0 aromatic rings. The third-order valence-corrected chi connectivity index (χ3v) is 4.47. The van der Waals surface area contributed by atoms with Gasteiger partial charge in [-0.1, -0.05) is 0 Å². The molecule has 1 saturated heterocycles. The topological polar surface area (TPSA) is 50.7 Å². The molecule has 17 heavy (non-hydrogen) atoms. The SMILES string of the molecule is OC1CC(CNC2CCC3(CC2)OCCO3)C1. The molecule has 4 heteroatoms. The Kier molecular flexibility index (Phi) is 3.39. The number of rotatable bonds is 3. The van der Waals surface area contributed by atoms with Crippen LogP contribution in [0.3, 0.4) is 0 Å². The van der Waals surface area contributed by atoms with Gasteiger partial charge in [0, 0.05) is 18.9 Å². The number of hydrogen-bond acceptors (Lipinski definition) is 4. The summed E-state index contributed by atoms with van der Waals surface area (Å²) in [6, 6.07) is 0.617. The summed E-state index contributed by atoms with van der Waals surface area (Å²) in [7, 11) is 0. The highest BCUT2D eigenvalue weighted by atomic mass is 16.7. The van der Waals surface area contributed by atoms with E-state index >= 15 is 0 Å². The zero-order valence-corrected chi connectivity index (χ0v) is 10.4. The van der Waals surface area contributed by atoms with Crippen molar-refractivity contribution in [1.82, 2.24) is 5.32 Å². The van der Waals surface area contributed by atoms with Crippen LogP contribution in [0.2, 0.25) is 0 Å². The molecule has 3 fully saturated rings. The summed E-state index contributed by atoms with van der Waals surface area (Å²) < 4.78 is 11.4. The van der Waals surface area contributed by atoms with E-state index in [9.17, 15) is 5.11 Å². The lowest BCUT2D eigenvalue weighted by molar-refractivity contribution is -0.179. The highest BCUT2D eigenvalue weighted by Crippen LogP contribution is 2.36. The maximum absolute atomic E-state index is 9.23. The molecule has 1 spiro atoms. The second kappa shape index (κ2) is 4.84. The first-order valence-corrected chi connectivity index (χ1v) is 6.95. The summed E-state index contributed by atoms with van der Waals surface area (Å²) in [4.78, 5) is 0. The maximum atomic E-state index is 9.23. The van der Waals surface area contributed by atoms with E-state index < -0.39 is 0 Å². The molecule has 0 radical (unpaired) electrons. The number of ether oxygens (including phenoxy) is 2. The van der Waals surface area contributed by atoms with Crippen LogP contribution in [0, 0.1) is 5.92 Å². The fourth-order valence-electron chi connectivity index (χ4n) is 3.25. The molecular formula is C13H23NO3. The lowest BCUT2D eigenvalue weighted by atomic mass is 9.82. The van der Waals surface area contributed by atoms with E-state index in [1.165, 1.54) is 0 Å². The Morgan fingerprint density at radius 3 is 2.35 bits per heavy atom. The average Bonchev–Trinajstić information content (AvgIpc) is 2.74. The molecular weight excluding hydrogens is 218 g/mol. The number of aliphatic hydroxyl groups is 1. The van der Waals surface area contributed by atoms with Crippen LogP contribution in [0.5, 0.6) is 0 Å². The van der Waals surface area contributed by atoms with Gasteiger partial charge in [-0.05, 0) is 38.1 Å². The van der Waals surface area contributed by atoms with Gasteiger partial charge in [0.25, 0.3) is 0 Å². The first-order valence-electron chi connectivity index (χ1n) is 6.95. The van der Waals surface area contributed by atoms with Crippen molar-refractivity contribution in [1.29, 1.82) is 0 Å². The van der Waals surface area contributed by atoms with Gasteiger partial charge in [-0.3, -0.25) is 0 Å². The number of nitrogens with one attached hydrogen (secondary N) is 1. The fourth-order valence-corrected chi connectivity index (χ4v) is 3.25. The summed E-state index contributed by atoms with van der Waals surface area (Å²) in [6.45, 7) is 2.59. The minimum atomic E-state index is -0.231. The van der Waals surface area contributed by atoms with E-state index in [4.69, 9.17) is 9.47 Å². The lowest BCUT2D eigenvalue weighted by Gasteiger charge is -2.37. The zero-order valence-electron chi connectivity index (χ0n) is 10.4. The Bertz CT molecular complexity index is 249. The van der Waals surface area contributed by atoms with Crippen LogP contribution < -0.4 is 5.32 Å². The van der Waals surface area contributed by atoms with Crippen LogP contribution in [-0.4, -0.2) is 42.8 Å². The van der Waals surface area contributed by atoms with Gasteiger partial charge in [0.1, 0.15) is 0 Å². The van der Waals surface area contributed by atoms with E-state index in [-0.39, 0.29) is 11.9 Å². The normalized spacial score (nSPS) is 37.2. The molecule has 1 aliphatic heterocycles. The second-order valence-electron chi connectivity index (χ2n) is 5.78. The van der Waals surface area contributed by atoms with Crippen molar-refractivity contribution in [3.8, 4) is 0 Å². The molecule has 2 aliphatic carbocycles. The van der Waals surface area contributed by atoms with Gasteiger partial charge in [-0.25, -0.2) is 0 Å². The Labute approximate surface area is 103 Å². The zero-order chi connectivity index (χ0) is 11.7. The van der Waals surface area contributed by atoms with Gasteiger partial charge in [-0.2, -0.15) is 0 Å².